The number of benzene rings is 2. The number of phenolic OH excluding ortho intramolecular Hbond substituents is 1. The van der Waals surface area contributed by atoms with Crippen LogP contribution in [-0.2, 0) is 4.79 Å². The van der Waals surface area contributed by atoms with Crippen LogP contribution in [0.1, 0.15) is 23.5 Å². The Morgan fingerprint density at radius 2 is 2.12 bits per heavy atom. The molecule has 5 nitrogen and oxygen atoms in total. The van der Waals surface area contributed by atoms with Crippen LogP contribution in [0, 0.1) is 5.92 Å². The predicted molar refractivity (Wildman–Crippen MR) is 95.4 cm³/mol. The van der Waals surface area contributed by atoms with Crippen LogP contribution >= 0.6 is 15.9 Å². The summed E-state index contributed by atoms with van der Waals surface area (Å²) in [5.41, 5.74) is 4.47. The number of halogens is 1. The van der Waals surface area contributed by atoms with Crippen LogP contribution in [0.5, 0.6) is 11.5 Å². The summed E-state index contributed by atoms with van der Waals surface area (Å²) in [5.74, 6) is 0.547. The first-order valence-corrected chi connectivity index (χ1v) is 8.34. The number of hydrogen-bond donors (Lipinski definition) is 2. The summed E-state index contributed by atoms with van der Waals surface area (Å²) in [7, 11) is 1.47. The van der Waals surface area contributed by atoms with Gasteiger partial charge in [0.05, 0.1) is 17.8 Å². The lowest BCUT2D eigenvalue weighted by Crippen LogP contribution is -2.20. The number of nitrogens with zero attached hydrogens (tertiary/aromatic N) is 1. The number of hydrazone groups is 1. The van der Waals surface area contributed by atoms with Crippen LogP contribution in [0.15, 0.2) is 52.0 Å². The van der Waals surface area contributed by atoms with Crippen molar-refractivity contribution < 1.29 is 14.6 Å². The second-order valence-electron chi connectivity index (χ2n) is 5.65. The molecule has 6 heteroatoms. The molecule has 0 saturated heterocycles. The Balaban J connectivity index is 1.59. The first kappa shape index (κ1) is 16.5. The Morgan fingerprint density at radius 1 is 1.38 bits per heavy atom. The Morgan fingerprint density at radius 3 is 2.83 bits per heavy atom. The molecule has 0 spiro atoms. The van der Waals surface area contributed by atoms with Gasteiger partial charge in [-0.05, 0) is 51.5 Å². The second kappa shape index (κ2) is 7.05. The van der Waals surface area contributed by atoms with Gasteiger partial charge in [-0.15, -0.1) is 0 Å². The van der Waals surface area contributed by atoms with Crippen molar-refractivity contribution >= 4 is 28.1 Å². The lowest BCUT2D eigenvalue weighted by Gasteiger charge is -2.06. The van der Waals surface area contributed by atoms with Gasteiger partial charge < -0.3 is 9.84 Å². The van der Waals surface area contributed by atoms with Gasteiger partial charge >= 0.3 is 0 Å². The zero-order chi connectivity index (χ0) is 17.1. The Bertz CT molecular complexity index is 777. The molecule has 3 rings (SSSR count). The van der Waals surface area contributed by atoms with E-state index >= 15 is 0 Å². The molecule has 0 heterocycles. The quantitative estimate of drug-likeness (QED) is 0.608. The van der Waals surface area contributed by atoms with Crippen molar-refractivity contribution in [1.82, 2.24) is 5.43 Å². The van der Waals surface area contributed by atoms with Crippen LogP contribution in [0.4, 0.5) is 0 Å². The Hall–Kier alpha value is -2.34. The number of carbonyl (C=O) groups is 1. The molecule has 24 heavy (non-hydrogen) atoms. The second-order valence-corrected chi connectivity index (χ2v) is 6.50. The number of methoxy groups -OCH3 is 1. The van der Waals surface area contributed by atoms with Gasteiger partial charge in [-0.2, -0.15) is 5.10 Å². The lowest BCUT2D eigenvalue weighted by atomic mass is 10.1. The van der Waals surface area contributed by atoms with E-state index in [1.54, 1.807) is 12.1 Å². The van der Waals surface area contributed by atoms with Crippen molar-refractivity contribution in [2.24, 2.45) is 11.0 Å². The van der Waals surface area contributed by atoms with E-state index in [0.29, 0.717) is 15.8 Å². The number of aromatic hydroxyl groups is 1. The molecular formula is C18H17BrN2O3. The van der Waals surface area contributed by atoms with Gasteiger partial charge in [0, 0.05) is 5.92 Å². The van der Waals surface area contributed by atoms with Gasteiger partial charge in [-0.25, -0.2) is 5.43 Å². The zero-order valence-electron chi connectivity index (χ0n) is 13.1. The Kier molecular flexibility index (Phi) is 4.85. The highest BCUT2D eigenvalue weighted by atomic mass is 79.9. The van der Waals surface area contributed by atoms with Crippen molar-refractivity contribution in [2.75, 3.05) is 7.11 Å². The highest BCUT2D eigenvalue weighted by Crippen LogP contribution is 2.47. The normalized spacial score (nSPS) is 19.2. The van der Waals surface area contributed by atoms with Crippen LogP contribution in [0.2, 0.25) is 0 Å². The molecule has 1 saturated carbocycles. The molecule has 124 valence electrons. The molecule has 1 fully saturated rings. The number of nitrogens with one attached hydrogen (secondary N) is 1. The highest BCUT2D eigenvalue weighted by molar-refractivity contribution is 9.10. The van der Waals surface area contributed by atoms with Gasteiger partial charge in [0.2, 0.25) is 5.91 Å². The topological polar surface area (TPSA) is 70.9 Å². The van der Waals surface area contributed by atoms with Crippen LogP contribution in [-0.4, -0.2) is 24.3 Å². The number of carbonyl (C=O) groups excluding carboxylic acids is 1. The standard InChI is InChI=1S/C18H17BrN2O3/c1-24-16-8-11(7-15(19)17(16)22)10-20-21-18(23)14-9-13(14)12-5-3-2-4-6-12/h2-8,10,13-14,22H,9H2,1H3,(H,21,23). The van der Waals surface area contributed by atoms with E-state index in [9.17, 15) is 9.90 Å². The van der Waals surface area contributed by atoms with Crippen molar-refractivity contribution in [3.63, 3.8) is 0 Å². The molecule has 0 radical (unpaired) electrons. The van der Waals surface area contributed by atoms with E-state index in [-0.39, 0.29) is 23.5 Å². The third kappa shape index (κ3) is 3.59. The summed E-state index contributed by atoms with van der Waals surface area (Å²) in [6.45, 7) is 0. The largest absolute Gasteiger partial charge is 0.503 e. The minimum absolute atomic E-state index is 0.0226. The summed E-state index contributed by atoms with van der Waals surface area (Å²) in [5, 5.41) is 13.8. The summed E-state index contributed by atoms with van der Waals surface area (Å²) in [6.07, 6.45) is 2.37. The maximum atomic E-state index is 12.1. The number of hydrogen-bond acceptors (Lipinski definition) is 4. The van der Waals surface area contributed by atoms with E-state index in [1.807, 2.05) is 30.3 Å². The van der Waals surface area contributed by atoms with Gasteiger partial charge in [0.25, 0.3) is 0 Å². The average Bonchev–Trinajstić information content (AvgIpc) is 3.39. The van der Waals surface area contributed by atoms with E-state index in [2.05, 4.69) is 26.5 Å². The van der Waals surface area contributed by atoms with Crippen molar-refractivity contribution in [3.05, 3.63) is 58.1 Å². The Labute approximate surface area is 148 Å². The van der Waals surface area contributed by atoms with Crippen molar-refractivity contribution in [1.29, 1.82) is 0 Å². The molecule has 0 aliphatic heterocycles. The maximum Gasteiger partial charge on any atom is 0.243 e. The SMILES string of the molecule is COc1cc(C=NNC(=O)C2CC2c2ccccc2)cc(Br)c1O. The fraction of sp³-hybridized carbons (Fsp3) is 0.222. The summed E-state index contributed by atoms with van der Waals surface area (Å²) >= 11 is 3.25. The average molecular weight is 389 g/mol. The molecular weight excluding hydrogens is 372 g/mol. The summed E-state index contributed by atoms with van der Waals surface area (Å²) in [6, 6.07) is 13.4. The van der Waals surface area contributed by atoms with E-state index in [0.717, 1.165) is 6.42 Å². The number of phenols is 1. The molecule has 0 bridgehead atoms. The van der Waals surface area contributed by atoms with Crippen LogP contribution in [0.25, 0.3) is 0 Å². The highest BCUT2D eigenvalue weighted by Gasteiger charge is 2.43. The van der Waals surface area contributed by atoms with Gasteiger partial charge in [-0.1, -0.05) is 30.3 Å². The molecule has 2 atom stereocenters. The minimum atomic E-state index is -0.0788. The first-order valence-electron chi connectivity index (χ1n) is 7.54. The van der Waals surface area contributed by atoms with E-state index < -0.39 is 0 Å². The third-order valence-electron chi connectivity index (χ3n) is 4.01. The smallest absolute Gasteiger partial charge is 0.243 e. The molecule has 2 unspecified atom stereocenters. The summed E-state index contributed by atoms with van der Waals surface area (Å²) < 4.78 is 5.58. The molecule has 0 aromatic heterocycles. The predicted octanol–water partition coefficient (Wildman–Crippen LogP) is 3.42. The van der Waals surface area contributed by atoms with Crippen LogP contribution < -0.4 is 10.2 Å². The van der Waals surface area contributed by atoms with Crippen LogP contribution in [0.3, 0.4) is 0 Å². The fourth-order valence-electron chi connectivity index (χ4n) is 2.63. The zero-order valence-corrected chi connectivity index (χ0v) is 14.7. The fourth-order valence-corrected chi connectivity index (χ4v) is 3.09. The summed E-state index contributed by atoms with van der Waals surface area (Å²) in [4.78, 5) is 12.1. The van der Waals surface area contributed by atoms with Gasteiger partial charge in [-0.3, -0.25) is 4.79 Å². The molecule has 1 aliphatic rings. The molecule has 2 aromatic carbocycles. The first-order chi connectivity index (χ1) is 11.6. The number of amides is 1. The van der Waals surface area contributed by atoms with E-state index in [4.69, 9.17) is 4.74 Å². The maximum absolute atomic E-state index is 12.1. The molecule has 1 amide bonds. The molecule has 1 aliphatic carbocycles. The monoisotopic (exact) mass is 388 g/mol. The third-order valence-corrected chi connectivity index (χ3v) is 4.62. The lowest BCUT2D eigenvalue weighted by molar-refractivity contribution is -0.122. The van der Waals surface area contributed by atoms with Crippen molar-refractivity contribution in [2.45, 2.75) is 12.3 Å². The van der Waals surface area contributed by atoms with Gasteiger partial charge in [0.15, 0.2) is 11.5 Å². The van der Waals surface area contributed by atoms with Crippen molar-refractivity contribution in [3.8, 4) is 11.5 Å². The molecule has 2 N–H and O–H groups in total. The van der Waals surface area contributed by atoms with Gasteiger partial charge in [0.1, 0.15) is 0 Å². The van der Waals surface area contributed by atoms with E-state index in [1.165, 1.54) is 18.9 Å². The minimum Gasteiger partial charge on any atom is -0.503 e. The molecule has 2 aromatic rings. The number of rotatable bonds is 5. The number of ether oxygens (including phenoxy) is 1.